The largest absolute Gasteiger partial charge is 0.467 e. The van der Waals surface area contributed by atoms with E-state index in [0.717, 1.165) is 11.1 Å². The minimum atomic E-state index is -0.925. The quantitative estimate of drug-likeness (QED) is 0.713. The predicted octanol–water partition coefficient (Wildman–Crippen LogP) is 3.31. The minimum Gasteiger partial charge on any atom is -0.467 e. The van der Waals surface area contributed by atoms with Crippen molar-refractivity contribution < 1.29 is 18.7 Å². The Morgan fingerprint density at radius 1 is 1.23 bits per heavy atom. The van der Waals surface area contributed by atoms with Crippen molar-refractivity contribution >= 4 is 22.8 Å². The molecule has 6 nitrogen and oxygen atoms in total. The van der Waals surface area contributed by atoms with Gasteiger partial charge in [0, 0.05) is 11.1 Å². The molecule has 0 fully saturated rings. The molecule has 1 amide bonds. The molecule has 0 aliphatic carbocycles. The van der Waals surface area contributed by atoms with Crippen LogP contribution in [-0.4, -0.2) is 23.0 Å². The van der Waals surface area contributed by atoms with E-state index in [0.29, 0.717) is 22.4 Å². The number of nitrogens with one attached hydrogen (secondary N) is 1. The van der Waals surface area contributed by atoms with E-state index in [1.165, 1.54) is 13.2 Å². The van der Waals surface area contributed by atoms with Crippen LogP contribution < -0.4 is 5.32 Å². The number of esters is 1. The maximum absolute atomic E-state index is 12.6. The number of hydrogen-bond acceptors (Lipinski definition) is 5. The van der Waals surface area contributed by atoms with Gasteiger partial charge < -0.3 is 14.5 Å². The fourth-order valence-corrected chi connectivity index (χ4v) is 2.65. The SMILES string of the molecule is Cc1ccc2nc(C)cc(C(=O)OC(C)C(=O)NCc3ccco3)c2c1. The molecule has 0 spiro atoms. The number of nitrogens with zero attached hydrogens (tertiary/aromatic N) is 1. The second kappa shape index (κ2) is 7.39. The molecule has 1 aromatic carbocycles. The van der Waals surface area contributed by atoms with Crippen LogP contribution >= 0.6 is 0 Å². The predicted molar refractivity (Wildman–Crippen MR) is 96.6 cm³/mol. The standard InChI is InChI=1S/C20H20N2O4/c1-12-6-7-18-16(9-12)17(10-13(2)22-18)20(24)26-14(3)19(23)21-11-15-5-4-8-25-15/h4-10,14H,11H2,1-3H3,(H,21,23). The number of aryl methyl sites for hydroxylation is 2. The van der Waals surface area contributed by atoms with Crippen LogP contribution in [0.1, 0.15) is 34.3 Å². The zero-order valence-electron chi connectivity index (χ0n) is 14.9. The highest BCUT2D eigenvalue weighted by atomic mass is 16.5. The maximum Gasteiger partial charge on any atom is 0.339 e. The van der Waals surface area contributed by atoms with Crippen molar-refractivity contribution in [1.82, 2.24) is 10.3 Å². The zero-order valence-corrected chi connectivity index (χ0v) is 14.9. The highest BCUT2D eigenvalue weighted by molar-refractivity contribution is 6.04. The molecule has 0 radical (unpaired) electrons. The number of rotatable bonds is 5. The first-order valence-electron chi connectivity index (χ1n) is 8.33. The van der Waals surface area contributed by atoms with E-state index >= 15 is 0 Å². The fourth-order valence-electron chi connectivity index (χ4n) is 2.65. The van der Waals surface area contributed by atoms with Crippen molar-refractivity contribution in [1.29, 1.82) is 0 Å². The number of carbonyl (C=O) groups is 2. The first kappa shape index (κ1) is 17.7. The smallest absolute Gasteiger partial charge is 0.339 e. The Morgan fingerprint density at radius 2 is 2.04 bits per heavy atom. The fraction of sp³-hybridized carbons (Fsp3) is 0.250. The summed E-state index contributed by atoms with van der Waals surface area (Å²) < 4.78 is 10.5. The van der Waals surface area contributed by atoms with Crippen LogP contribution in [0, 0.1) is 13.8 Å². The molecule has 134 valence electrons. The van der Waals surface area contributed by atoms with Crippen LogP contribution in [0.3, 0.4) is 0 Å². The molecule has 6 heteroatoms. The first-order chi connectivity index (χ1) is 12.4. The monoisotopic (exact) mass is 352 g/mol. The molecule has 0 aliphatic rings. The van der Waals surface area contributed by atoms with Gasteiger partial charge in [0.25, 0.3) is 5.91 Å². The summed E-state index contributed by atoms with van der Waals surface area (Å²) in [6.07, 6.45) is 0.606. The second-order valence-corrected chi connectivity index (χ2v) is 6.18. The average Bonchev–Trinajstić information content (AvgIpc) is 3.12. The minimum absolute atomic E-state index is 0.240. The highest BCUT2D eigenvalue weighted by Crippen LogP contribution is 2.21. The van der Waals surface area contributed by atoms with E-state index < -0.39 is 12.1 Å². The van der Waals surface area contributed by atoms with E-state index in [4.69, 9.17) is 9.15 Å². The molecule has 1 atom stereocenters. The molecule has 1 unspecified atom stereocenters. The van der Waals surface area contributed by atoms with Gasteiger partial charge in [-0.1, -0.05) is 11.6 Å². The lowest BCUT2D eigenvalue weighted by Gasteiger charge is -2.14. The summed E-state index contributed by atoms with van der Waals surface area (Å²) >= 11 is 0. The molecule has 2 heterocycles. The van der Waals surface area contributed by atoms with Crippen molar-refractivity contribution in [2.45, 2.75) is 33.4 Å². The molecular weight excluding hydrogens is 332 g/mol. The summed E-state index contributed by atoms with van der Waals surface area (Å²) in [5.41, 5.74) is 2.85. The number of hydrogen-bond donors (Lipinski definition) is 1. The number of furan rings is 1. The van der Waals surface area contributed by atoms with Gasteiger partial charge in [0.1, 0.15) is 5.76 Å². The van der Waals surface area contributed by atoms with Crippen molar-refractivity contribution in [3.63, 3.8) is 0 Å². The molecule has 2 aromatic heterocycles. The normalized spacial score (nSPS) is 12.0. The topological polar surface area (TPSA) is 81.4 Å². The third kappa shape index (κ3) is 3.91. The van der Waals surface area contributed by atoms with Crippen LogP contribution in [0.2, 0.25) is 0 Å². The number of ether oxygens (including phenoxy) is 1. The van der Waals surface area contributed by atoms with Crippen molar-refractivity contribution in [2.75, 3.05) is 0 Å². The molecule has 0 bridgehead atoms. The lowest BCUT2D eigenvalue weighted by Crippen LogP contribution is -2.35. The third-order valence-electron chi connectivity index (χ3n) is 3.98. The highest BCUT2D eigenvalue weighted by Gasteiger charge is 2.21. The van der Waals surface area contributed by atoms with Gasteiger partial charge in [-0.05, 0) is 51.1 Å². The number of carbonyl (C=O) groups excluding carboxylic acids is 2. The van der Waals surface area contributed by atoms with Crippen molar-refractivity contribution in [3.8, 4) is 0 Å². The Balaban J connectivity index is 1.74. The first-order valence-corrected chi connectivity index (χ1v) is 8.33. The van der Waals surface area contributed by atoms with E-state index in [1.54, 1.807) is 18.2 Å². The molecule has 1 N–H and O–H groups in total. The lowest BCUT2D eigenvalue weighted by molar-refractivity contribution is -0.129. The molecular formula is C20H20N2O4. The van der Waals surface area contributed by atoms with Gasteiger partial charge in [-0.2, -0.15) is 0 Å². The number of amides is 1. The Labute approximate surface area is 151 Å². The molecule has 26 heavy (non-hydrogen) atoms. The number of benzene rings is 1. The molecule has 0 aliphatic heterocycles. The maximum atomic E-state index is 12.6. The van der Waals surface area contributed by atoms with E-state index in [-0.39, 0.29) is 12.5 Å². The summed E-state index contributed by atoms with van der Waals surface area (Å²) in [7, 11) is 0. The van der Waals surface area contributed by atoms with Crippen molar-refractivity contribution in [2.24, 2.45) is 0 Å². The zero-order chi connectivity index (χ0) is 18.7. The summed E-state index contributed by atoms with van der Waals surface area (Å²) in [6, 6.07) is 10.9. The Hall–Kier alpha value is -3.15. The van der Waals surface area contributed by atoms with Gasteiger partial charge in [-0.3, -0.25) is 9.78 Å². The second-order valence-electron chi connectivity index (χ2n) is 6.18. The number of fused-ring (bicyclic) bond motifs is 1. The molecule has 3 aromatic rings. The van der Waals surface area contributed by atoms with Crippen LogP contribution in [0.5, 0.6) is 0 Å². The van der Waals surface area contributed by atoms with Gasteiger partial charge in [0.05, 0.1) is 23.9 Å². The lowest BCUT2D eigenvalue weighted by atomic mass is 10.1. The Bertz CT molecular complexity index is 948. The third-order valence-corrected chi connectivity index (χ3v) is 3.98. The molecule has 0 saturated heterocycles. The van der Waals surface area contributed by atoms with E-state index in [9.17, 15) is 9.59 Å². The van der Waals surface area contributed by atoms with Crippen LogP contribution in [0.15, 0.2) is 47.1 Å². The summed E-state index contributed by atoms with van der Waals surface area (Å²) in [6.45, 7) is 5.54. The van der Waals surface area contributed by atoms with Crippen molar-refractivity contribution in [3.05, 3.63) is 65.2 Å². The molecule has 3 rings (SSSR count). The van der Waals surface area contributed by atoms with Crippen LogP contribution in [0.25, 0.3) is 10.9 Å². The van der Waals surface area contributed by atoms with Crippen LogP contribution in [-0.2, 0) is 16.1 Å². The summed E-state index contributed by atoms with van der Waals surface area (Å²) in [5, 5.41) is 3.39. The van der Waals surface area contributed by atoms with Gasteiger partial charge in [0.2, 0.25) is 0 Å². The van der Waals surface area contributed by atoms with Gasteiger partial charge in [0.15, 0.2) is 6.10 Å². The summed E-state index contributed by atoms with van der Waals surface area (Å²) in [4.78, 5) is 29.2. The number of aromatic nitrogens is 1. The van der Waals surface area contributed by atoms with E-state index in [2.05, 4.69) is 10.3 Å². The Morgan fingerprint density at radius 3 is 2.77 bits per heavy atom. The Kier molecular flexibility index (Phi) is 5.02. The summed E-state index contributed by atoms with van der Waals surface area (Å²) in [5.74, 6) is -0.309. The average molecular weight is 352 g/mol. The molecule has 0 saturated carbocycles. The number of pyridine rings is 1. The van der Waals surface area contributed by atoms with E-state index in [1.807, 2.05) is 32.0 Å². The van der Waals surface area contributed by atoms with Gasteiger partial charge >= 0.3 is 5.97 Å². The van der Waals surface area contributed by atoms with Crippen LogP contribution in [0.4, 0.5) is 0 Å². The van der Waals surface area contributed by atoms with Gasteiger partial charge in [-0.25, -0.2) is 4.79 Å². The van der Waals surface area contributed by atoms with Gasteiger partial charge in [-0.15, -0.1) is 0 Å².